The van der Waals surface area contributed by atoms with Crippen molar-refractivity contribution in [1.82, 2.24) is 4.98 Å². The molecule has 0 radical (unpaired) electrons. The van der Waals surface area contributed by atoms with Gasteiger partial charge in [-0.3, -0.25) is 4.79 Å². The molecule has 0 unspecified atom stereocenters. The maximum atomic E-state index is 9.85. The molecule has 0 saturated heterocycles. The Balaban J connectivity index is 2.91. The number of thiazole rings is 1. The van der Waals surface area contributed by atoms with Gasteiger partial charge in [0, 0.05) is 0 Å². The molecule has 0 amide bonds. The van der Waals surface area contributed by atoms with E-state index in [0.717, 1.165) is 11.3 Å². The van der Waals surface area contributed by atoms with Crippen LogP contribution < -0.4 is 10.5 Å². The quantitative estimate of drug-likeness (QED) is 0.639. The number of carbonyl (C=O) groups excluding carboxylic acids is 1. The van der Waals surface area contributed by atoms with Crippen molar-refractivity contribution < 1.29 is 9.53 Å². The van der Waals surface area contributed by atoms with E-state index in [1.165, 1.54) is 0 Å². The van der Waals surface area contributed by atoms with E-state index in [0.29, 0.717) is 22.4 Å². The van der Waals surface area contributed by atoms with Crippen LogP contribution in [0.25, 0.3) is 0 Å². The summed E-state index contributed by atoms with van der Waals surface area (Å²) in [5, 5.41) is 0.877. The second kappa shape index (κ2) is 2.66. The summed E-state index contributed by atoms with van der Waals surface area (Å²) in [6.45, 7) is 2.09. The molecule has 0 fully saturated rings. The van der Waals surface area contributed by atoms with Crippen molar-refractivity contribution in [2.45, 2.75) is 6.92 Å². The zero-order valence-electron chi connectivity index (χ0n) is 5.33. The van der Waals surface area contributed by atoms with Crippen LogP contribution in [0, 0.1) is 6.92 Å². The Kier molecular flexibility index (Phi) is 1.86. The van der Waals surface area contributed by atoms with Gasteiger partial charge in [-0.2, -0.15) is 0 Å². The minimum Gasteiger partial charge on any atom is -0.416 e. The Labute approximate surface area is 61.6 Å². The zero-order valence-corrected chi connectivity index (χ0v) is 6.14. The van der Waals surface area contributed by atoms with E-state index >= 15 is 0 Å². The first kappa shape index (κ1) is 7.01. The highest BCUT2D eigenvalue weighted by atomic mass is 32.1. The molecule has 0 aromatic carbocycles. The second-order valence-corrected chi connectivity index (χ2v) is 2.63. The van der Waals surface area contributed by atoms with Gasteiger partial charge in [0.15, 0.2) is 5.13 Å². The Morgan fingerprint density at radius 1 is 1.80 bits per heavy atom. The van der Waals surface area contributed by atoms with Crippen LogP contribution in [0.15, 0.2) is 0 Å². The molecular formula is C5H6N2O2S. The average Bonchev–Trinajstić information content (AvgIpc) is 2.13. The van der Waals surface area contributed by atoms with Crippen molar-refractivity contribution in [3.63, 3.8) is 0 Å². The van der Waals surface area contributed by atoms with Crippen molar-refractivity contribution >= 4 is 22.9 Å². The summed E-state index contributed by atoms with van der Waals surface area (Å²) in [6.07, 6.45) is 0. The molecule has 10 heavy (non-hydrogen) atoms. The monoisotopic (exact) mass is 158 g/mol. The molecule has 0 bridgehead atoms. The van der Waals surface area contributed by atoms with Crippen molar-refractivity contribution in [1.29, 1.82) is 0 Å². The Morgan fingerprint density at radius 2 is 2.50 bits per heavy atom. The van der Waals surface area contributed by atoms with Gasteiger partial charge in [-0.1, -0.05) is 11.3 Å². The van der Waals surface area contributed by atoms with Gasteiger partial charge in [-0.15, -0.1) is 0 Å². The lowest BCUT2D eigenvalue weighted by Gasteiger charge is -1.88. The SMILES string of the molecule is Cc1nc(N)sc1OC=O. The first-order valence-corrected chi connectivity index (χ1v) is 3.39. The number of nitrogen functional groups attached to an aromatic ring is 1. The Hall–Kier alpha value is -1.10. The molecule has 4 nitrogen and oxygen atoms in total. The van der Waals surface area contributed by atoms with Gasteiger partial charge >= 0.3 is 0 Å². The largest absolute Gasteiger partial charge is 0.416 e. The molecule has 5 heteroatoms. The molecule has 0 atom stereocenters. The summed E-state index contributed by atoms with van der Waals surface area (Å²) in [4.78, 5) is 13.7. The third-order valence-corrected chi connectivity index (χ3v) is 1.80. The van der Waals surface area contributed by atoms with Crippen LogP contribution in [0.5, 0.6) is 5.06 Å². The molecule has 0 saturated carbocycles. The van der Waals surface area contributed by atoms with Crippen LogP contribution in [0.3, 0.4) is 0 Å². The number of nitrogens with two attached hydrogens (primary N) is 1. The molecular weight excluding hydrogens is 152 g/mol. The maximum absolute atomic E-state index is 9.85. The Bertz CT molecular complexity index is 246. The van der Waals surface area contributed by atoms with Crippen LogP contribution in [0.2, 0.25) is 0 Å². The molecule has 2 N–H and O–H groups in total. The average molecular weight is 158 g/mol. The van der Waals surface area contributed by atoms with E-state index in [1.54, 1.807) is 6.92 Å². The fourth-order valence-electron chi connectivity index (χ4n) is 0.556. The molecule has 0 aliphatic rings. The number of ether oxygens (including phenoxy) is 1. The predicted octanol–water partition coefficient (Wildman–Crippen LogP) is 0.569. The molecule has 1 aromatic heterocycles. The van der Waals surface area contributed by atoms with Gasteiger partial charge < -0.3 is 10.5 Å². The van der Waals surface area contributed by atoms with Crippen LogP contribution in [0.1, 0.15) is 5.69 Å². The van der Waals surface area contributed by atoms with E-state index in [2.05, 4.69) is 9.72 Å². The third kappa shape index (κ3) is 1.24. The molecule has 54 valence electrons. The third-order valence-electron chi connectivity index (χ3n) is 0.926. The van der Waals surface area contributed by atoms with Gasteiger partial charge in [0.2, 0.25) is 5.06 Å². The highest BCUT2D eigenvalue weighted by molar-refractivity contribution is 7.17. The lowest BCUT2D eigenvalue weighted by molar-refractivity contribution is -0.120. The molecule has 0 aliphatic heterocycles. The van der Waals surface area contributed by atoms with Crippen molar-refractivity contribution in [3.8, 4) is 5.06 Å². The predicted molar refractivity (Wildman–Crippen MR) is 38.0 cm³/mol. The van der Waals surface area contributed by atoms with Gasteiger partial charge in [0.25, 0.3) is 6.47 Å². The van der Waals surface area contributed by atoms with E-state index < -0.39 is 0 Å². The molecule has 1 aromatic rings. The number of aryl methyl sites for hydroxylation is 1. The minimum absolute atomic E-state index is 0.361. The summed E-state index contributed by atoms with van der Waals surface area (Å²) >= 11 is 1.15. The van der Waals surface area contributed by atoms with Gasteiger partial charge in [-0.25, -0.2) is 4.98 Å². The normalized spacial score (nSPS) is 9.30. The highest BCUT2D eigenvalue weighted by Crippen LogP contribution is 2.27. The first-order chi connectivity index (χ1) is 4.74. The number of aromatic nitrogens is 1. The number of hydrogen-bond donors (Lipinski definition) is 1. The van der Waals surface area contributed by atoms with Gasteiger partial charge in [-0.05, 0) is 6.92 Å². The van der Waals surface area contributed by atoms with E-state index in [9.17, 15) is 4.79 Å². The Morgan fingerprint density at radius 3 is 2.90 bits per heavy atom. The van der Waals surface area contributed by atoms with Crippen molar-refractivity contribution in [2.75, 3.05) is 5.73 Å². The number of hydrogen-bond acceptors (Lipinski definition) is 5. The molecule has 1 rings (SSSR count). The minimum atomic E-state index is 0.361. The fraction of sp³-hybridized carbons (Fsp3) is 0.200. The first-order valence-electron chi connectivity index (χ1n) is 2.57. The molecule has 0 aliphatic carbocycles. The highest BCUT2D eigenvalue weighted by Gasteiger charge is 2.04. The summed E-state index contributed by atoms with van der Waals surface area (Å²) < 4.78 is 4.55. The lowest BCUT2D eigenvalue weighted by atomic mass is 10.6. The topological polar surface area (TPSA) is 65.2 Å². The van der Waals surface area contributed by atoms with Crippen LogP contribution in [0.4, 0.5) is 5.13 Å². The number of rotatable bonds is 2. The number of anilines is 1. The fourth-order valence-corrected chi connectivity index (χ4v) is 1.21. The smallest absolute Gasteiger partial charge is 0.299 e. The van der Waals surface area contributed by atoms with E-state index in [1.807, 2.05) is 0 Å². The summed E-state index contributed by atoms with van der Waals surface area (Å²) in [7, 11) is 0. The maximum Gasteiger partial charge on any atom is 0.299 e. The van der Waals surface area contributed by atoms with Crippen molar-refractivity contribution in [3.05, 3.63) is 5.69 Å². The lowest BCUT2D eigenvalue weighted by Crippen LogP contribution is -1.86. The van der Waals surface area contributed by atoms with Crippen LogP contribution >= 0.6 is 11.3 Å². The molecule has 1 heterocycles. The standard InChI is InChI=1S/C5H6N2O2S/c1-3-4(9-2-8)10-5(6)7-3/h2H,1H3,(H2,6,7). The molecule has 0 spiro atoms. The summed E-state index contributed by atoms with van der Waals surface area (Å²) in [6, 6.07) is 0. The van der Waals surface area contributed by atoms with Gasteiger partial charge in [0.05, 0.1) is 5.69 Å². The summed E-state index contributed by atoms with van der Waals surface area (Å²) in [5.41, 5.74) is 5.97. The zero-order chi connectivity index (χ0) is 7.56. The second-order valence-electron chi connectivity index (χ2n) is 1.64. The number of carbonyl (C=O) groups is 1. The summed E-state index contributed by atoms with van der Waals surface area (Å²) in [5.74, 6) is 0. The van der Waals surface area contributed by atoms with E-state index in [4.69, 9.17) is 5.73 Å². The number of nitrogens with zero attached hydrogens (tertiary/aromatic N) is 1. The van der Waals surface area contributed by atoms with Crippen LogP contribution in [-0.4, -0.2) is 11.5 Å². The van der Waals surface area contributed by atoms with Crippen molar-refractivity contribution in [2.24, 2.45) is 0 Å². The van der Waals surface area contributed by atoms with Gasteiger partial charge in [0.1, 0.15) is 0 Å². The van der Waals surface area contributed by atoms with Crippen LogP contribution in [-0.2, 0) is 4.79 Å². The van der Waals surface area contributed by atoms with E-state index in [-0.39, 0.29) is 0 Å².